The molecule has 2 aromatic rings. The average molecular weight is 253 g/mol. The second-order valence-electron chi connectivity index (χ2n) is 3.35. The topological polar surface area (TPSA) is 9.23 Å². The van der Waals surface area contributed by atoms with Gasteiger partial charge in [0.25, 0.3) is 0 Å². The zero-order valence-corrected chi connectivity index (χ0v) is 10.5. The Morgan fingerprint density at radius 2 is 2.14 bits per heavy atom. The van der Waals surface area contributed by atoms with Gasteiger partial charge in [0, 0.05) is 0 Å². The van der Waals surface area contributed by atoms with Crippen LogP contribution >= 0.6 is 0 Å². The van der Waals surface area contributed by atoms with Gasteiger partial charge in [-0.2, -0.15) is 0 Å². The standard InChI is InChI=1S/C12H14OSe/c1-4-10-8(2)14-12-6-5-9(13-3)7-11(10)12/h5-7H,4H2,1-3H3. The van der Waals surface area contributed by atoms with Crippen LogP contribution in [-0.2, 0) is 6.42 Å². The van der Waals surface area contributed by atoms with Gasteiger partial charge in [0.2, 0.25) is 0 Å². The molecule has 1 aromatic carbocycles. The van der Waals surface area contributed by atoms with Crippen LogP contribution in [0.2, 0.25) is 0 Å². The molecule has 0 saturated carbocycles. The fourth-order valence-electron chi connectivity index (χ4n) is 1.82. The van der Waals surface area contributed by atoms with E-state index in [2.05, 4.69) is 32.0 Å². The Bertz CT molecular complexity index is 457. The zero-order chi connectivity index (χ0) is 10.1. The van der Waals surface area contributed by atoms with Crippen molar-refractivity contribution in [3.63, 3.8) is 0 Å². The summed E-state index contributed by atoms with van der Waals surface area (Å²) in [6.07, 6.45) is 1.13. The molecular weight excluding hydrogens is 239 g/mol. The Kier molecular flexibility index (Phi) is 2.66. The van der Waals surface area contributed by atoms with Crippen molar-refractivity contribution in [1.82, 2.24) is 0 Å². The Balaban J connectivity index is 2.71. The second kappa shape index (κ2) is 3.80. The third kappa shape index (κ3) is 1.49. The summed E-state index contributed by atoms with van der Waals surface area (Å²) in [6.45, 7) is 4.48. The number of hydrogen-bond acceptors (Lipinski definition) is 1. The number of ether oxygens (including phenoxy) is 1. The molecule has 0 unspecified atom stereocenters. The van der Waals surface area contributed by atoms with Gasteiger partial charge in [-0.1, -0.05) is 0 Å². The zero-order valence-electron chi connectivity index (χ0n) is 8.76. The fourth-order valence-corrected chi connectivity index (χ4v) is 4.20. The van der Waals surface area contributed by atoms with E-state index in [-0.39, 0.29) is 0 Å². The number of methoxy groups -OCH3 is 1. The van der Waals surface area contributed by atoms with Gasteiger partial charge >= 0.3 is 90.2 Å². The van der Waals surface area contributed by atoms with E-state index in [9.17, 15) is 0 Å². The molecule has 1 heterocycles. The summed E-state index contributed by atoms with van der Waals surface area (Å²) in [4.78, 5) is 0. The first-order valence-corrected chi connectivity index (χ1v) is 6.53. The van der Waals surface area contributed by atoms with Gasteiger partial charge in [-0.3, -0.25) is 0 Å². The van der Waals surface area contributed by atoms with Gasteiger partial charge in [0.1, 0.15) is 0 Å². The maximum atomic E-state index is 5.25. The molecule has 0 aliphatic heterocycles. The number of hydrogen-bond donors (Lipinski definition) is 0. The van der Waals surface area contributed by atoms with Crippen molar-refractivity contribution < 1.29 is 4.74 Å². The number of fused-ring (bicyclic) bond motifs is 1. The van der Waals surface area contributed by atoms with Crippen molar-refractivity contribution in [1.29, 1.82) is 0 Å². The predicted molar refractivity (Wildman–Crippen MR) is 61.6 cm³/mol. The molecular formula is C12H14OSe. The first-order chi connectivity index (χ1) is 6.76. The molecule has 0 atom stereocenters. The van der Waals surface area contributed by atoms with Crippen LogP contribution in [0.25, 0.3) is 9.65 Å². The monoisotopic (exact) mass is 254 g/mol. The van der Waals surface area contributed by atoms with E-state index >= 15 is 0 Å². The number of aryl methyl sites for hydroxylation is 2. The fraction of sp³-hybridized carbons (Fsp3) is 0.333. The Morgan fingerprint density at radius 1 is 1.36 bits per heavy atom. The summed E-state index contributed by atoms with van der Waals surface area (Å²) in [5.41, 5.74) is 1.53. The summed E-state index contributed by atoms with van der Waals surface area (Å²) in [6, 6.07) is 6.44. The van der Waals surface area contributed by atoms with E-state index in [0.717, 1.165) is 12.2 Å². The molecule has 0 spiro atoms. The van der Waals surface area contributed by atoms with Gasteiger partial charge in [-0.15, -0.1) is 0 Å². The molecule has 0 radical (unpaired) electrons. The summed E-state index contributed by atoms with van der Waals surface area (Å²) in [5, 5.41) is 1.42. The molecule has 2 rings (SSSR count). The van der Waals surface area contributed by atoms with E-state index in [1.54, 1.807) is 11.5 Å². The van der Waals surface area contributed by atoms with Crippen molar-refractivity contribution in [3.05, 3.63) is 28.2 Å². The molecule has 0 aliphatic carbocycles. The van der Waals surface area contributed by atoms with Crippen LogP contribution < -0.4 is 4.74 Å². The summed E-state index contributed by atoms with van der Waals surface area (Å²) in [7, 11) is 1.73. The first-order valence-electron chi connectivity index (χ1n) is 4.82. The molecule has 0 fully saturated rings. The van der Waals surface area contributed by atoms with E-state index in [1.807, 2.05) is 0 Å². The van der Waals surface area contributed by atoms with Crippen LogP contribution in [0.4, 0.5) is 0 Å². The third-order valence-electron chi connectivity index (χ3n) is 2.55. The van der Waals surface area contributed by atoms with Crippen LogP contribution in [0.15, 0.2) is 18.2 Å². The molecule has 0 saturated heterocycles. The molecule has 1 aromatic heterocycles. The van der Waals surface area contributed by atoms with Crippen LogP contribution in [0.3, 0.4) is 0 Å². The van der Waals surface area contributed by atoms with Crippen molar-refractivity contribution >= 4 is 24.1 Å². The van der Waals surface area contributed by atoms with Crippen LogP contribution in [0, 0.1) is 6.92 Å². The number of rotatable bonds is 2. The molecule has 1 nitrogen and oxygen atoms in total. The molecule has 14 heavy (non-hydrogen) atoms. The average Bonchev–Trinajstić information content (AvgIpc) is 2.52. The van der Waals surface area contributed by atoms with E-state index < -0.39 is 0 Å². The molecule has 2 heteroatoms. The van der Waals surface area contributed by atoms with Crippen LogP contribution in [0.5, 0.6) is 5.75 Å². The molecule has 0 bridgehead atoms. The van der Waals surface area contributed by atoms with E-state index in [1.165, 1.54) is 15.2 Å². The van der Waals surface area contributed by atoms with E-state index in [0.29, 0.717) is 14.5 Å². The molecule has 74 valence electrons. The van der Waals surface area contributed by atoms with Crippen molar-refractivity contribution in [2.24, 2.45) is 0 Å². The maximum absolute atomic E-state index is 5.25. The second-order valence-corrected chi connectivity index (χ2v) is 5.99. The Hall–Kier alpha value is -0.721. The Morgan fingerprint density at radius 3 is 2.79 bits per heavy atom. The number of benzene rings is 1. The molecule has 0 N–H and O–H groups in total. The van der Waals surface area contributed by atoms with Crippen molar-refractivity contribution in [3.8, 4) is 5.75 Å². The van der Waals surface area contributed by atoms with Crippen LogP contribution in [0.1, 0.15) is 16.9 Å². The van der Waals surface area contributed by atoms with Crippen molar-refractivity contribution in [2.45, 2.75) is 20.3 Å². The predicted octanol–water partition coefficient (Wildman–Crippen LogP) is 2.78. The third-order valence-corrected chi connectivity index (χ3v) is 4.92. The van der Waals surface area contributed by atoms with Gasteiger partial charge in [-0.05, 0) is 0 Å². The summed E-state index contributed by atoms with van der Waals surface area (Å²) < 4.78 is 8.33. The van der Waals surface area contributed by atoms with E-state index in [4.69, 9.17) is 4.74 Å². The van der Waals surface area contributed by atoms with Gasteiger partial charge in [0.05, 0.1) is 0 Å². The minimum atomic E-state index is 0.549. The summed E-state index contributed by atoms with van der Waals surface area (Å²) in [5.74, 6) is 0.972. The first kappa shape index (κ1) is 9.82. The normalized spacial score (nSPS) is 10.8. The van der Waals surface area contributed by atoms with Gasteiger partial charge in [-0.25, -0.2) is 0 Å². The minimum absolute atomic E-state index is 0.549. The quantitative estimate of drug-likeness (QED) is 0.748. The Labute approximate surface area is 90.4 Å². The van der Waals surface area contributed by atoms with Gasteiger partial charge in [0.15, 0.2) is 0 Å². The van der Waals surface area contributed by atoms with Crippen LogP contribution in [-0.4, -0.2) is 21.6 Å². The van der Waals surface area contributed by atoms with Gasteiger partial charge < -0.3 is 0 Å². The molecule has 0 amide bonds. The molecule has 0 aliphatic rings. The summed E-state index contributed by atoms with van der Waals surface area (Å²) >= 11 is 0.549. The SMILES string of the molecule is CCc1c(C)[se]c2ccc(OC)cc12. The van der Waals surface area contributed by atoms with Crippen molar-refractivity contribution in [2.75, 3.05) is 7.11 Å².